The molecule has 1 aromatic heterocycles. The second kappa shape index (κ2) is 9.04. The molecule has 1 amide bonds. The van der Waals surface area contributed by atoms with Crippen LogP contribution in [0.3, 0.4) is 0 Å². The van der Waals surface area contributed by atoms with Crippen molar-refractivity contribution in [1.82, 2.24) is 4.98 Å². The Kier molecular flexibility index (Phi) is 6.27. The van der Waals surface area contributed by atoms with Crippen molar-refractivity contribution in [1.29, 1.82) is 0 Å². The number of methoxy groups -OCH3 is 1. The molecule has 5 heteroatoms. The van der Waals surface area contributed by atoms with Gasteiger partial charge in [0.05, 0.1) is 7.11 Å². The number of anilines is 2. The number of aryl methyl sites for hydroxylation is 1. The van der Waals surface area contributed by atoms with E-state index in [0.717, 1.165) is 22.6 Å². The molecular weight excluding hydrogens is 350 g/mol. The summed E-state index contributed by atoms with van der Waals surface area (Å²) in [6, 6.07) is 19.4. The molecule has 0 aliphatic carbocycles. The molecule has 2 aromatic carbocycles. The Bertz CT molecular complexity index is 939. The highest BCUT2D eigenvalue weighted by Gasteiger charge is 2.16. The molecule has 5 nitrogen and oxygen atoms in total. The van der Waals surface area contributed by atoms with Gasteiger partial charge in [0, 0.05) is 30.5 Å². The molecule has 0 unspecified atom stereocenters. The molecule has 0 saturated heterocycles. The van der Waals surface area contributed by atoms with Gasteiger partial charge in [0.15, 0.2) is 0 Å². The van der Waals surface area contributed by atoms with Gasteiger partial charge in [0.2, 0.25) is 0 Å². The summed E-state index contributed by atoms with van der Waals surface area (Å²) < 4.78 is 5.18. The van der Waals surface area contributed by atoms with E-state index in [-0.39, 0.29) is 5.91 Å². The summed E-state index contributed by atoms with van der Waals surface area (Å²) in [5, 5.41) is 3.28. The van der Waals surface area contributed by atoms with Crippen LogP contribution in [0.1, 0.15) is 28.4 Å². The van der Waals surface area contributed by atoms with Crippen LogP contribution in [0, 0.1) is 6.92 Å². The first-order chi connectivity index (χ1) is 13.6. The largest absolute Gasteiger partial charge is 0.497 e. The first-order valence-corrected chi connectivity index (χ1v) is 9.32. The average molecular weight is 375 g/mol. The lowest BCUT2D eigenvalue weighted by Gasteiger charge is -2.21. The Labute approximate surface area is 166 Å². The van der Waals surface area contributed by atoms with E-state index >= 15 is 0 Å². The number of pyridine rings is 1. The third kappa shape index (κ3) is 4.68. The summed E-state index contributed by atoms with van der Waals surface area (Å²) in [5.41, 5.74) is 3.74. The van der Waals surface area contributed by atoms with Crippen molar-refractivity contribution in [2.24, 2.45) is 0 Å². The van der Waals surface area contributed by atoms with E-state index in [1.54, 1.807) is 30.3 Å². The van der Waals surface area contributed by atoms with E-state index in [4.69, 9.17) is 4.74 Å². The van der Waals surface area contributed by atoms with E-state index in [9.17, 15) is 4.79 Å². The highest BCUT2D eigenvalue weighted by atomic mass is 16.5. The summed E-state index contributed by atoms with van der Waals surface area (Å²) in [5.74, 6) is 1.45. The molecular formula is C23H25N3O2. The number of ether oxygens (including phenoxy) is 1. The summed E-state index contributed by atoms with van der Waals surface area (Å²) in [7, 11) is 1.65. The van der Waals surface area contributed by atoms with Gasteiger partial charge in [0.25, 0.3) is 5.91 Å². The van der Waals surface area contributed by atoms with Crippen LogP contribution in [0.2, 0.25) is 0 Å². The van der Waals surface area contributed by atoms with Gasteiger partial charge in [-0.3, -0.25) is 4.79 Å². The molecule has 3 aromatic rings. The van der Waals surface area contributed by atoms with Crippen molar-refractivity contribution < 1.29 is 9.53 Å². The Morgan fingerprint density at radius 2 is 1.89 bits per heavy atom. The minimum Gasteiger partial charge on any atom is -0.497 e. The first-order valence-electron chi connectivity index (χ1n) is 9.32. The fraction of sp³-hybridized carbons (Fsp3) is 0.217. The van der Waals surface area contributed by atoms with Gasteiger partial charge in [-0.15, -0.1) is 0 Å². The highest BCUT2D eigenvalue weighted by molar-refractivity contribution is 6.06. The molecule has 0 spiro atoms. The minimum atomic E-state index is -0.0389. The Balaban J connectivity index is 1.73. The van der Waals surface area contributed by atoms with E-state index in [2.05, 4.69) is 10.3 Å². The van der Waals surface area contributed by atoms with E-state index < -0.39 is 0 Å². The van der Waals surface area contributed by atoms with Gasteiger partial charge in [-0.05, 0) is 61.4 Å². The lowest BCUT2D eigenvalue weighted by molar-refractivity contribution is 0.0988. The standard InChI is InChI=1S/C23H25N3O2/c1-4-26(20-7-5-6-17(2)14-20)23(27)19-12-13-24-22(15-19)25-16-18-8-10-21(28-3)11-9-18/h5-15H,4,16H2,1-3H3,(H,24,25). The third-order valence-corrected chi connectivity index (χ3v) is 4.51. The van der Waals surface area contributed by atoms with Crippen molar-refractivity contribution in [2.75, 3.05) is 23.9 Å². The minimum absolute atomic E-state index is 0.0389. The zero-order chi connectivity index (χ0) is 19.9. The monoisotopic (exact) mass is 375 g/mol. The van der Waals surface area contributed by atoms with Crippen molar-refractivity contribution in [3.05, 3.63) is 83.6 Å². The molecule has 0 fully saturated rings. The van der Waals surface area contributed by atoms with Gasteiger partial charge < -0.3 is 15.0 Å². The molecule has 0 aliphatic heterocycles. The fourth-order valence-corrected chi connectivity index (χ4v) is 2.99. The molecule has 0 bridgehead atoms. The van der Waals surface area contributed by atoms with Crippen LogP contribution in [0.5, 0.6) is 5.75 Å². The van der Waals surface area contributed by atoms with Crippen LogP contribution >= 0.6 is 0 Å². The van der Waals surface area contributed by atoms with Gasteiger partial charge >= 0.3 is 0 Å². The summed E-state index contributed by atoms with van der Waals surface area (Å²) in [6.07, 6.45) is 1.66. The van der Waals surface area contributed by atoms with Crippen LogP contribution in [0.15, 0.2) is 66.9 Å². The predicted octanol–water partition coefficient (Wildman–Crippen LogP) is 4.68. The maximum Gasteiger partial charge on any atom is 0.258 e. The SMILES string of the molecule is CCN(C(=O)c1ccnc(NCc2ccc(OC)cc2)c1)c1cccc(C)c1. The van der Waals surface area contributed by atoms with Gasteiger partial charge in [-0.2, -0.15) is 0 Å². The van der Waals surface area contributed by atoms with Gasteiger partial charge in [-0.25, -0.2) is 4.98 Å². The number of rotatable bonds is 7. The quantitative estimate of drug-likeness (QED) is 0.652. The van der Waals surface area contributed by atoms with Gasteiger partial charge in [0.1, 0.15) is 11.6 Å². The maximum absolute atomic E-state index is 13.0. The Morgan fingerprint density at radius 1 is 1.11 bits per heavy atom. The zero-order valence-corrected chi connectivity index (χ0v) is 16.5. The number of nitrogens with zero attached hydrogens (tertiary/aromatic N) is 2. The van der Waals surface area contributed by atoms with Crippen molar-refractivity contribution in [2.45, 2.75) is 20.4 Å². The maximum atomic E-state index is 13.0. The van der Waals surface area contributed by atoms with E-state index in [1.807, 2.05) is 62.4 Å². The highest BCUT2D eigenvalue weighted by Crippen LogP contribution is 2.20. The molecule has 28 heavy (non-hydrogen) atoms. The van der Waals surface area contributed by atoms with Crippen molar-refractivity contribution >= 4 is 17.4 Å². The first kappa shape index (κ1) is 19.4. The molecule has 144 valence electrons. The summed E-state index contributed by atoms with van der Waals surface area (Å²) in [4.78, 5) is 19.2. The van der Waals surface area contributed by atoms with E-state index in [1.165, 1.54) is 0 Å². The zero-order valence-electron chi connectivity index (χ0n) is 16.5. The lowest BCUT2D eigenvalue weighted by Crippen LogP contribution is -2.30. The van der Waals surface area contributed by atoms with Gasteiger partial charge in [-0.1, -0.05) is 24.3 Å². The summed E-state index contributed by atoms with van der Waals surface area (Å²) in [6.45, 7) is 5.21. The third-order valence-electron chi connectivity index (χ3n) is 4.51. The van der Waals surface area contributed by atoms with Crippen LogP contribution in [0.25, 0.3) is 0 Å². The van der Waals surface area contributed by atoms with Crippen LogP contribution in [0.4, 0.5) is 11.5 Å². The number of nitrogens with one attached hydrogen (secondary N) is 1. The van der Waals surface area contributed by atoms with E-state index in [0.29, 0.717) is 24.5 Å². The smallest absolute Gasteiger partial charge is 0.258 e. The predicted molar refractivity (Wildman–Crippen MR) is 113 cm³/mol. The second-order valence-corrected chi connectivity index (χ2v) is 6.52. The second-order valence-electron chi connectivity index (χ2n) is 6.52. The van der Waals surface area contributed by atoms with Crippen molar-refractivity contribution in [3.8, 4) is 5.75 Å². The fourth-order valence-electron chi connectivity index (χ4n) is 2.99. The van der Waals surface area contributed by atoms with Crippen molar-refractivity contribution in [3.63, 3.8) is 0 Å². The molecule has 0 aliphatic rings. The topological polar surface area (TPSA) is 54.5 Å². The number of carbonyl (C=O) groups excluding carboxylic acids is 1. The van der Waals surface area contributed by atoms with Crippen LogP contribution in [-0.4, -0.2) is 24.5 Å². The summed E-state index contributed by atoms with van der Waals surface area (Å²) >= 11 is 0. The van der Waals surface area contributed by atoms with Crippen LogP contribution < -0.4 is 15.0 Å². The molecule has 0 saturated carbocycles. The normalized spacial score (nSPS) is 10.4. The number of carbonyl (C=O) groups is 1. The Morgan fingerprint density at radius 3 is 2.57 bits per heavy atom. The van der Waals surface area contributed by atoms with Crippen LogP contribution in [-0.2, 0) is 6.54 Å². The lowest BCUT2D eigenvalue weighted by atomic mass is 10.1. The number of aromatic nitrogens is 1. The molecule has 1 N–H and O–H groups in total. The molecule has 0 atom stereocenters. The number of hydrogen-bond donors (Lipinski definition) is 1. The average Bonchev–Trinajstić information content (AvgIpc) is 2.73. The molecule has 0 radical (unpaired) electrons. The number of benzene rings is 2. The Hall–Kier alpha value is -3.34. The number of hydrogen-bond acceptors (Lipinski definition) is 4. The number of amides is 1. The molecule has 3 rings (SSSR count). The molecule has 1 heterocycles.